The normalized spacial score (nSPS) is 10.3. The van der Waals surface area contributed by atoms with Crippen LogP contribution in [0.5, 0.6) is 0 Å². The van der Waals surface area contributed by atoms with E-state index in [-0.39, 0.29) is 5.02 Å². The Balaban J connectivity index is 2.89. The fourth-order valence-corrected chi connectivity index (χ4v) is 1.74. The second-order valence-corrected chi connectivity index (χ2v) is 4.59. The van der Waals surface area contributed by atoms with Crippen molar-refractivity contribution in [2.24, 2.45) is 5.92 Å². The van der Waals surface area contributed by atoms with Gasteiger partial charge in [-0.1, -0.05) is 23.2 Å². The van der Waals surface area contributed by atoms with Gasteiger partial charge in [-0.25, -0.2) is 0 Å². The van der Waals surface area contributed by atoms with Crippen molar-refractivity contribution in [1.82, 2.24) is 0 Å². The average molecular weight is 288 g/mol. The standard InChI is InChI=1S/C12H11Cl2NO3/c1-6(16)11(7(2)17)12(18)15-8-3-4-9(13)10(14)5-8/h3-5,11H,1-2H3,(H,15,18). The number of carbonyl (C=O) groups is 3. The minimum Gasteiger partial charge on any atom is -0.325 e. The SMILES string of the molecule is CC(=O)C(C(C)=O)C(=O)Nc1ccc(Cl)c(Cl)c1. The zero-order chi connectivity index (χ0) is 13.9. The molecule has 4 nitrogen and oxygen atoms in total. The van der Waals surface area contributed by atoms with Crippen LogP contribution in [-0.2, 0) is 14.4 Å². The lowest BCUT2D eigenvalue weighted by molar-refractivity contribution is -0.136. The number of Topliss-reactive ketones (excluding diaryl/α,β-unsaturated/α-hetero) is 2. The van der Waals surface area contributed by atoms with E-state index in [9.17, 15) is 14.4 Å². The molecule has 1 aromatic rings. The number of ketones is 2. The largest absolute Gasteiger partial charge is 0.325 e. The molecule has 1 aromatic carbocycles. The van der Waals surface area contributed by atoms with Crippen molar-refractivity contribution < 1.29 is 14.4 Å². The second kappa shape index (κ2) is 5.98. The lowest BCUT2D eigenvalue weighted by Crippen LogP contribution is -2.33. The van der Waals surface area contributed by atoms with E-state index in [4.69, 9.17) is 23.2 Å². The van der Waals surface area contributed by atoms with Crippen LogP contribution in [0.2, 0.25) is 10.0 Å². The number of hydrogen-bond donors (Lipinski definition) is 1. The van der Waals surface area contributed by atoms with Crippen LogP contribution in [0, 0.1) is 5.92 Å². The number of nitrogens with one attached hydrogen (secondary N) is 1. The fourth-order valence-electron chi connectivity index (χ4n) is 1.44. The maximum atomic E-state index is 11.8. The summed E-state index contributed by atoms with van der Waals surface area (Å²) >= 11 is 11.5. The zero-order valence-electron chi connectivity index (χ0n) is 9.79. The van der Waals surface area contributed by atoms with Crippen LogP contribution in [0.25, 0.3) is 0 Å². The van der Waals surface area contributed by atoms with Crippen LogP contribution in [0.15, 0.2) is 18.2 Å². The molecule has 0 aliphatic carbocycles. The monoisotopic (exact) mass is 287 g/mol. The van der Waals surface area contributed by atoms with Gasteiger partial charge in [-0.3, -0.25) is 14.4 Å². The lowest BCUT2D eigenvalue weighted by atomic mass is 10.00. The molecule has 18 heavy (non-hydrogen) atoms. The molecule has 0 fully saturated rings. The molecule has 0 unspecified atom stereocenters. The van der Waals surface area contributed by atoms with E-state index in [1.807, 2.05) is 0 Å². The molecular weight excluding hydrogens is 277 g/mol. The molecule has 1 amide bonds. The van der Waals surface area contributed by atoms with Crippen molar-refractivity contribution in [1.29, 1.82) is 0 Å². The summed E-state index contributed by atoms with van der Waals surface area (Å²) in [6, 6.07) is 4.48. The molecule has 0 spiro atoms. The van der Waals surface area contributed by atoms with E-state index in [0.29, 0.717) is 10.7 Å². The van der Waals surface area contributed by atoms with Crippen molar-refractivity contribution in [3.63, 3.8) is 0 Å². The Labute approximate surface area is 114 Å². The third kappa shape index (κ3) is 3.55. The number of benzene rings is 1. The van der Waals surface area contributed by atoms with E-state index >= 15 is 0 Å². The highest BCUT2D eigenvalue weighted by Gasteiger charge is 2.27. The maximum Gasteiger partial charge on any atom is 0.242 e. The summed E-state index contributed by atoms with van der Waals surface area (Å²) in [4.78, 5) is 34.2. The first-order chi connectivity index (χ1) is 8.32. The van der Waals surface area contributed by atoms with Crippen LogP contribution in [0.4, 0.5) is 5.69 Å². The summed E-state index contributed by atoms with van der Waals surface area (Å²) in [5.41, 5.74) is 0.377. The van der Waals surface area contributed by atoms with Crippen molar-refractivity contribution in [2.45, 2.75) is 13.8 Å². The highest BCUT2D eigenvalue weighted by molar-refractivity contribution is 6.42. The first kappa shape index (κ1) is 14.7. The first-order valence-electron chi connectivity index (χ1n) is 5.09. The molecule has 96 valence electrons. The number of amides is 1. The molecule has 0 aliphatic rings. The summed E-state index contributed by atoms with van der Waals surface area (Å²) in [7, 11) is 0. The molecule has 0 saturated carbocycles. The number of anilines is 1. The second-order valence-electron chi connectivity index (χ2n) is 3.77. The number of hydrogen-bond acceptors (Lipinski definition) is 3. The summed E-state index contributed by atoms with van der Waals surface area (Å²) in [5, 5.41) is 3.07. The van der Waals surface area contributed by atoms with Gasteiger partial charge >= 0.3 is 0 Å². The Morgan fingerprint density at radius 2 is 1.61 bits per heavy atom. The van der Waals surface area contributed by atoms with E-state index in [1.165, 1.54) is 32.0 Å². The van der Waals surface area contributed by atoms with Gasteiger partial charge in [0.2, 0.25) is 5.91 Å². The minimum atomic E-state index is -1.29. The summed E-state index contributed by atoms with van der Waals surface area (Å²) in [5.74, 6) is -2.96. The van der Waals surface area contributed by atoms with Crippen LogP contribution < -0.4 is 5.32 Å². The van der Waals surface area contributed by atoms with Crippen LogP contribution >= 0.6 is 23.2 Å². The highest BCUT2D eigenvalue weighted by atomic mass is 35.5. The Bertz CT molecular complexity index is 500. The predicted octanol–water partition coefficient (Wildman–Crippen LogP) is 2.73. The third-order valence-electron chi connectivity index (χ3n) is 2.26. The summed E-state index contributed by atoms with van der Waals surface area (Å²) in [6.45, 7) is 2.39. The van der Waals surface area contributed by atoms with Gasteiger partial charge < -0.3 is 5.32 Å². The minimum absolute atomic E-state index is 0.275. The molecule has 6 heteroatoms. The van der Waals surface area contributed by atoms with Gasteiger partial charge in [-0.2, -0.15) is 0 Å². The smallest absolute Gasteiger partial charge is 0.242 e. The Kier molecular flexibility index (Phi) is 4.87. The van der Waals surface area contributed by atoms with Crippen LogP contribution in [0.1, 0.15) is 13.8 Å². The Morgan fingerprint density at radius 1 is 1.06 bits per heavy atom. The van der Waals surface area contributed by atoms with Crippen molar-refractivity contribution in [2.75, 3.05) is 5.32 Å². The summed E-state index contributed by atoms with van der Waals surface area (Å²) < 4.78 is 0. The third-order valence-corrected chi connectivity index (χ3v) is 3.00. The number of carbonyl (C=O) groups excluding carboxylic acids is 3. The molecule has 0 saturated heterocycles. The number of halogens is 2. The highest BCUT2D eigenvalue weighted by Crippen LogP contribution is 2.25. The average Bonchev–Trinajstić information content (AvgIpc) is 2.22. The molecule has 1 N–H and O–H groups in total. The van der Waals surface area contributed by atoms with Gasteiger partial charge in [-0.15, -0.1) is 0 Å². The quantitative estimate of drug-likeness (QED) is 0.866. The van der Waals surface area contributed by atoms with Gasteiger partial charge in [0.1, 0.15) is 11.6 Å². The molecule has 0 aliphatic heterocycles. The first-order valence-corrected chi connectivity index (χ1v) is 5.85. The molecule has 0 aromatic heterocycles. The van der Waals surface area contributed by atoms with Gasteiger partial charge in [0.05, 0.1) is 10.0 Å². The van der Waals surface area contributed by atoms with Gasteiger partial charge in [-0.05, 0) is 32.0 Å². The van der Waals surface area contributed by atoms with Crippen LogP contribution in [0.3, 0.4) is 0 Å². The van der Waals surface area contributed by atoms with Crippen molar-refractivity contribution >= 4 is 46.4 Å². The molecular formula is C12H11Cl2NO3. The molecule has 0 bridgehead atoms. The van der Waals surface area contributed by atoms with E-state index in [0.717, 1.165) is 0 Å². The van der Waals surface area contributed by atoms with E-state index in [1.54, 1.807) is 0 Å². The Morgan fingerprint density at radius 3 is 2.06 bits per heavy atom. The van der Waals surface area contributed by atoms with Crippen LogP contribution in [-0.4, -0.2) is 17.5 Å². The van der Waals surface area contributed by atoms with E-state index in [2.05, 4.69) is 5.32 Å². The Hall–Kier alpha value is -1.39. The van der Waals surface area contributed by atoms with Crippen molar-refractivity contribution in [3.8, 4) is 0 Å². The van der Waals surface area contributed by atoms with E-state index < -0.39 is 23.4 Å². The van der Waals surface area contributed by atoms with Crippen molar-refractivity contribution in [3.05, 3.63) is 28.2 Å². The lowest BCUT2D eigenvalue weighted by Gasteiger charge is -2.11. The summed E-state index contributed by atoms with van der Waals surface area (Å²) in [6.07, 6.45) is 0. The van der Waals surface area contributed by atoms with Gasteiger partial charge in [0, 0.05) is 5.69 Å². The van der Waals surface area contributed by atoms with Gasteiger partial charge in [0.25, 0.3) is 0 Å². The molecule has 0 heterocycles. The van der Waals surface area contributed by atoms with Gasteiger partial charge in [0.15, 0.2) is 5.92 Å². The fraction of sp³-hybridized carbons (Fsp3) is 0.250. The molecule has 0 atom stereocenters. The molecule has 1 rings (SSSR count). The number of rotatable bonds is 4. The zero-order valence-corrected chi connectivity index (χ0v) is 11.3. The topological polar surface area (TPSA) is 63.2 Å². The predicted molar refractivity (Wildman–Crippen MR) is 69.9 cm³/mol. The molecule has 0 radical (unpaired) electrons. The maximum absolute atomic E-state index is 11.8.